The highest BCUT2D eigenvalue weighted by molar-refractivity contribution is 7.92. The normalized spacial score (nSPS) is 15.8. The van der Waals surface area contributed by atoms with Crippen molar-refractivity contribution in [2.75, 3.05) is 22.8 Å². The Balaban J connectivity index is 1.41. The molecule has 1 N–H and O–H groups in total. The van der Waals surface area contributed by atoms with Crippen molar-refractivity contribution in [2.45, 2.75) is 37.7 Å². The summed E-state index contributed by atoms with van der Waals surface area (Å²) in [5.41, 5.74) is 4.04. The first-order valence-corrected chi connectivity index (χ1v) is 14.1. The van der Waals surface area contributed by atoms with Gasteiger partial charge >= 0.3 is 0 Å². The van der Waals surface area contributed by atoms with Crippen LogP contribution in [0.2, 0.25) is 0 Å². The Morgan fingerprint density at radius 3 is 2.50 bits per heavy atom. The van der Waals surface area contributed by atoms with Gasteiger partial charge in [-0.2, -0.15) is 0 Å². The molecule has 1 saturated heterocycles. The number of rotatable bonds is 7. The van der Waals surface area contributed by atoms with E-state index in [1.807, 2.05) is 6.07 Å². The fraction of sp³-hybridized carbons (Fsp3) is 0.259. The van der Waals surface area contributed by atoms with E-state index in [0.29, 0.717) is 29.5 Å². The summed E-state index contributed by atoms with van der Waals surface area (Å²) in [6.45, 7) is 5.23. The van der Waals surface area contributed by atoms with Gasteiger partial charge in [0.1, 0.15) is 0 Å². The van der Waals surface area contributed by atoms with Crippen molar-refractivity contribution in [3.63, 3.8) is 0 Å². The van der Waals surface area contributed by atoms with Crippen LogP contribution in [0.5, 0.6) is 0 Å². The van der Waals surface area contributed by atoms with E-state index in [9.17, 15) is 13.2 Å². The average molecular weight is 522 g/mol. The number of sulfonamides is 1. The molecule has 1 aliphatic rings. The number of anilines is 2. The van der Waals surface area contributed by atoms with E-state index >= 15 is 0 Å². The van der Waals surface area contributed by atoms with Gasteiger partial charge in [-0.1, -0.05) is 29.5 Å². The van der Waals surface area contributed by atoms with Crippen LogP contribution < -0.4 is 9.62 Å². The first-order valence-electron chi connectivity index (χ1n) is 11.8. The molecule has 5 rings (SSSR count). The summed E-state index contributed by atoms with van der Waals surface area (Å²) in [7, 11) is -3.71. The van der Waals surface area contributed by atoms with Crippen LogP contribution in [0.4, 0.5) is 10.8 Å². The monoisotopic (exact) mass is 521 g/mol. The molecule has 1 amide bonds. The lowest BCUT2D eigenvalue weighted by Crippen LogP contribution is -2.37. The molecule has 36 heavy (non-hydrogen) atoms. The molecule has 3 aromatic carbocycles. The lowest BCUT2D eigenvalue weighted by molar-refractivity contribution is 0.0917. The van der Waals surface area contributed by atoms with Crippen LogP contribution in [0, 0.1) is 13.8 Å². The Morgan fingerprint density at radius 1 is 1.08 bits per heavy atom. The molecule has 186 valence electrons. The number of aromatic nitrogens is 1. The molecule has 1 atom stereocenters. The molecular formula is C27H27N3O4S2. The lowest BCUT2D eigenvalue weighted by Gasteiger charge is -2.23. The van der Waals surface area contributed by atoms with Gasteiger partial charge in [-0.15, -0.1) is 0 Å². The Bertz CT molecular complexity index is 1450. The minimum atomic E-state index is -3.71. The van der Waals surface area contributed by atoms with Crippen LogP contribution in [-0.4, -0.2) is 38.6 Å². The second kappa shape index (κ2) is 10.0. The molecule has 1 unspecified atom stereocenters. The number of thiazole rings is 1. The zero-order valence-corrected chi connectivity index (χ0v) is 21.7. The van der Waals surface area contributed by atoms with Crippen molar-refractivity contribution in [3.05, 3.63) is 83.4 Å². The van der Waals surface area contributed by atoms with Gasteiger partial charge < -0.3 is 4.74 Å². The Hall–Kier alpha value is -3.27. The number of nitrogens with zero attached hydrogens (tertiary/aromatic N) is 2. The van der Waals surface area contributed by atoms with Crippen LogP contribution in [0.3, 0.4) is 0 Å². The fourth-order valence-electron chi connectivity index (χ4n) is 4.17. The summed E-state index contributed by atoms with van der Waals surface area (Å²) >= 11 is 1.49. The standard InChI is InChI=1S/C27H27N3O4S2/c1-18-15-24-25(16-19(18)2)35-27(28-24)30(17-22-7-6-14-34-22)26(31)20-10-12-21(13-11-20)29-36(32,33)23-8-4-3-5-9-23/h3-5,8-13,15-16,22,29H,6-7,14,17H2,1-2H3. The number of carbonyl (C=O) groups is 1. The van der Waals surface area contributed by atoms with Gasteiger partial charge in [-0.3, -0.25) is 14.4 Å². The van der Waals surface area contributed by atoms with Crippen molar-refractivity contribution in [1.29, 1.82) is 0 Å². The number of ether oxygens (including phenoxy) is 1. The molecule has 0 radical (unpaired) electrons. The SMILES string of the molecule is Cc1cc2nc(N(CC3CCCO3)C(=O)c3ccc(NS(=O)(=O)c4ccccc4)cc3)sc2cc1C. The maximum Gasteiger partial charge on any atom is 0.261 e. The molecule has 1 aromatic heterocycles. The topological polar surface area (TPSA) is 88.6 Å². The molecule has 7 nitrogen and oxygen atoms in total. The Kier molecular flexibility index (Phi) is 6.79. The van der Waals surface area contributed by atoms with Crippen LogP contribution in [-0.2, 0) is 14.8 Å². The number of benzene rings is 3. The third-order valence-corrected chi connectivity index (χ3v) is 8.75. The number of carbonyl (C=O) groups excluding carboxylic acids is 1. The van der Waals surface area contributed by atoms with Crippen LogP contribution in [0.25, 0.3) is 10.2 Å². The van der Waals surface area contributed by atoms with Gasteiger partial charge in [-0.05, 0) is 86.3 Å². The number of hydrogen-bond acceptors (Lipinski definition) is 6. The summed E-state index contributed by atoms with van der Waals surface area (Å²) in [6, 6.07) is 18.8. The minimum Gasteiger partial charge on any atom is -0.376 e. The molecule has 9 heteroatoms. The Morgan fingerprint density at radius 2 is 1.81 bits per heavy atom. The van der Waals surface area contributed by atoms with Gasteiger partial charge in [0.25, 0.3) is 15.9 Å². The van der Waals surface area contributed by atoms with Crippen molar-refractivity contribution >= 4 is 48.3 Å². The van der Waals surface area contributed by atoms with E-state index in [1.54, 1.807) is 47.4 Å². The third-order valence-electron chi connectivity index (χ3n) is 6.32. The van der Waals surface area contributed by atoms with E-state index in [0.717, 1.165) is 28.6 Å². The van der Waals surface area contributed by atoms with Crippen molar-refractivity contribution in [1.82, 2.24) is 4.98 Å². The zero-order valence-electron chi connectivity index (χ0n) is 20.1. The number of hydrogen-bond donors (Lipinski definition) is 1. The molecule has 4 aromatic rings. The maximum absolute atomic E-state index is 13.7. The number of fused-ring (bicyclic) bond motifs is 1. The molecule has 1 fully saturated rings. The van der Waals surface area contributed by atoms with Gasteiger partial charge in [0, 0.05) is 17.9 Å². The van der Waals surface area contributed by atoms with Crippen LogP contribution >= 0.6 is 11.3 Å². The molecule has 0 spiro atoms. The predicted octanol–water partition coefficient (Wildman–Crippen LogP) is 5.54. The Labute approximate surface area is 214 Å². The minimum absolute atomic E-state index is 0.0404. The van der Waals surface area contributed by atoms with Crippen molar-refractivity contribution in [2.24, 2.45) is 0 Å². The quantitative estimate of drug-likeness (QED) is 0.345. The first-order chi connectivity index (χ1) is 17.3. The van der Waals surface area contributed by atoms with E-state index in [4.69, 9.17) is 9.72 Å². The van der Waals surface area contributed by atoms with Gasteiger partial charge in [0.05, 0.1) is 27.8 Å². The van der Waals surface area contributed by atoms with Gasteiger partial charge in [-0.25, -0.2) is 13.4 Å². The number of nitrogens with one attached hydrogen (secondary N) is 1. The first kappa shape index (κ1) is 24.4. The summed E-state index contributed by atoms with van der Waals surface area (Å²) in [6.07, 6.45) is 1.83. The van der Waals surface area contributed by atoms with E-state index in [-0.39, 0.29) is 16.9 Å². The predicted molar refractivity (Wildman–Crippen MR) is 143 cm³/mol. The second-order valence-corrected chi connectivity index (χ2v) is 11.6. The lowest BCUT2D eigenvalue weighted by atomic mass is 10.1. The molecule has 0 bridgehead atoms. The van der Waals surface area contributed by atoms with Crippen LogP contribution in [0.15, 0.2) is 71.6 Å². The highest BCUT2D eigenvalue weighted by Gasteiger charge is 2.27. The number of aryl methyl sites for hydroxylation is 2. The summed E-state index contributed by atoms with van der Waals surface area (Å²) < 4.78 is 34.7. The summed E-state index contributed by atoms with van der Waals surface area (Å²) in [5, 5.41) is 0.629. The highest BCUT2D eigenvalue weighted by Crippen LogP contribution is 2.32. The smallest absolute Gasteiger partial charge is 0.261 e. The van der Waals surface area contributed by atoms with Crippen LogP contribution in [0.1, 0.15) is 34.3 Å². The summed E-state index contributed by atoms with van der Waals surface area (Å²) in [5.74, 6) is -0.199. The van der Waals surface area contributed by atoms with E-state index in [1.165, 1.54) is 29.0 Å². The van der Waals surface area contributed by atoms with Crippen molar-refractivity contribution in [3.8, 4) is 0 Å². The maximum atomic E-state index is 13.7. The average Bonchev–Trinajstić information content (AvgIpc) is 3.53. The van der Waals surface area contributed by atoms with Gasteiger partial charge in [0.2, 0.25) is 0 Å². The largest absolute Gasteiger partial charge is 0.376 e. The third kappa shape index (κ3) is 5.13. The van der Waals surface area contributed by atoms with E-state index in [2.05, 4.69) is 24.6 Å². The molecule has 0 aliphatic carbocycles. The molecule has 2 heterocycles. The molecule has 0 saturated carbocycles. The zero-order chi connectivity index (χ0) is 25.3. The molecule has 1 aliphatic heterocycles. The molecular weight excluding hydrogens is 494 g/mol. The fourth-order valence-corrected chi connectivity index (χ4v) is 6.31. The number of amides is 1. The van der Waals surface area contributed by atoms with E-state index < -0.39 is 10.0 Å². The van der Waals surface area contributed by atoms with Crippen molar-refractivity contribution < 1.29 is 17.9 Å². The second-order valence-electron chi connectivity index (χ2n) is 8.95. The van der Waals surface area contributed by atoms with Gasteiger partial charge in [0.15, 0.2) is 5.13 Å². The highest BCUT2D eigenvalue weighted by atomic mass is 32.2. The summed E-state index contributed by atoms with van der Waals surface area (Å²) in [4.78, 5) is 20.3.